The fourth-order valence-electron chi connectivity index (χ4n) is 5.34. The number of nitrogens with one attached hydrogen (secondary N) is 1. The number of likely N-dealkylation sites (tertiary alicyclic amines) is 1. The van der Waals surface area contributed by atoms with Gasteiger partial charge in [0, 0.05) is 31.7 Å². The molecular formula is C23H32ClN3O2. The molecule has 5 nitrogen and oxygen atoms in total. The minimum atomic E-state index is 0. The highest BCUT2D eigenvalue weighted by Crippen LogP contribution is 2.49. The molecule has 1 aromatic carbocycles. The number of hydrogen-bond acceptors (Lipinski definition) is 3. The first-order chi connectivity index (χ1) is 13.4. The Hall–Kier alpha value is -1.98. The molecule has 2 atom stereocenters. The van der Waals surface area contributed by atoms with Crippen LogP contribution in [0.2, 0.25) is 0 Å². The van der Waals surface area contributed by atoms with Crippen molar-refractivity contribution < 1.29 is 9.90 Å². The number of rotatable bonds is 3. The van der Waals surface area contributed by atoms with Crippen molar-refractivity contribution in [2.24, 2.45) is 5.92 Å². The largest absolute Gasteiger partial charge is 0.508 e. The molecular weight excluding hydrogens is 386 g/mol. The lowest BCUT2D eigenvalue weighted by Crippen LogP contribution is -2.53. The van der Waals surface area contributed by atoms with Crippen molar-refractivity contribution >= 4 is 18.3 Å². The molecule has 6 heteroatoms. The van der Waals surface area contributed by atoms with Crippen LogP contribution in [0.3, 0.4) is 0 Å². The van der Waals surface area contributed by atoms with Crippen LogP contribution in [-0.2, 0) is 18.3 Å². The monoisotopic (exact) mass is 417 g/mol. The summed E-state index contributed by atoms with van der Waals surface area (Å²) in [5.41, 5.74) is 5.59. The summed E-state index contributed by atoms with van der Waals surface area (Å²) in [6.45, 7) is 7.50. The van der Waals surface area contributed by atoms with Crippen molar-refractivity contribution in [1.29, 1.82) is 0 Å². The number of carbonyl (C=O) groups excluding carboxylic acids is 1. The molecule has 1 fully saturated rings. The number of H-pyrrole nitrogens is 1. The summed E-state index contributed by atoms with van der Waals surface area (Å²) in [6.07, 6.45) is 2.95. The molecule has 2 heterocycles. The highest BCUT2D eigenvalue weighted by Gasteiger charge is 2.48. The molecule has 0 bridgehead atoms. The number of aromatic nitrogens is 1. The number of benzene rings is 1. The van der Waals surface area contributed by atoms with E-state index in [0.29, 0.717) is 11.7 Å². The first-order valence-corrected chi connectivity index (χ1v) is 10.3. The molecule has 0 spiro atoms. The normalized spacial score (nSPS) is 23.7. The van der Waals surface area contributed by atoms with Gasteiger partial charge in [0.05, 0.1) is 0 Å². The standard InChI is InChI=1S/C23H31N3O2.ClH/c1-5-26-10-9-23(16-7-6-8-18(27)11-16)13-20-19(12-17(23)14-26)15(2)21(24-20)22(28)25(3)4;/h6-8,11,17,24,27H,5,9-10,12-14H2,1-4H3;1H. The number of phenolic OH excluding ortho intramolecular Hbond substituents is 1. The molecule has 1 aliphatic heterocycles. The van der Waals surface area contributed by atoms with Crippen LogP contribution < -0.4 is 0 Å². The number of halogens is 1. The number of fused-ring (bicyclic) bond motifs is 2. The maximum Gasteiger partial charge on any atom is 0.270 e. The molecule has 158 valence electrons. The van der Waals surface area contributed by atoms with Gasteiger partial charge in [-0.25, -0.2) is 0 Å². The van der Waals surface area contributed by atoms with Crippen molar-refractivity contribution in [3.63, 3.8) is 0 Å². The Morgan fingerprint density at radius 1 is 1.38 bits per heavy atom. The minimum absolute atomic E-state index is 0. The molecule has 2 N–H and O–H groups in total. The average Bonchev–Trinajstić information content (AvgIpc) is 3.00. The Kier molecular flexibility index (Phi) is 6.02. The maximum absolute atomic E-state index is 12.6. The van der Waals surface area contributed by atoms with Crippen molar-refractivity contribution in [1.82, 2.24) is 14.8 Å². The molecule has 2 unspecified atom stereocenters. The van der Waals surface area contributed by atoms with Crippen LogP contribution in [0.1, 0.15) is 46.2 Å². The van der Waals surface area contributed by atoms with E-state index in [1.54, 1.807) is 25.1 Å². The molecule has 1 saturated heterocycles. The van der Waals surface area contributed by atoms with Crippen molar-refractivity contribution in [2.45, 2.75) is 38.5 Å². The summed E-state index contributed by atoms with van der Waals surface area (Å²) in [5.74, 6) is 0.851. The van der Waals surface area contributed by atoms with Crippen molar-refractivity contribution in [3.8, 4) is 5.75 Å². The smallest absolute Gasteiger partial charge is 0.270 e. The zero-order valence-electron chi connectivity index (χ0n) is 17.8. The summed E-state index contributed by atoms with van der Waals surface area (Å²) < 4.78 is 0. The van der Waals surface area contributed by atoms with Crippen LogP contribution in [-0.4, -0.2) is 59.5 Å². The number of piperidine rings is 1. The first-order valence-electron chi connectivity index (χ1n) is 10.3. The predicted molar refractivity (Wildman–Crippen MR) is 118 cm³/mol. The quantitative estimate of drug-likeness (QED) is 0.803. The number of hydrogen-bond donors (Lipinski definition) is 2. The molecule has 2 aliphatic rings. The Morgan fingerprint density at radius 3 is 2.79 bits per heavy atom. The van der Waals surface area contributed by atoms with Crippen LogP contribution in [0.15, 0.2) is 24.3 Å². The van der Waals surface area contributed by atoms with Gasteiger partial charge in [-0.1, -0.05) is 19.1 Å². The fourth-order valence-corrected chi connectivity index (χ4v) is 5.34. The average molecular weight is 418 g/mol. The lowest BCUT2D eigenvalue weighted by Gasteiger charge is -2.51. The minimum Gasteiger partial charge on any atom is -0.508 e. The highest BCUT2D eigenvalue weighted by atomic mass is 35.5. The van der Waals surface area contributed by atoms with Gasteiger partial charge in [-0.15, -0.1) is 12.4 Å². The van der Waals surface area contributed by atoms with Gasteiger partial charge < -0.3 is 19.9 Å². The van der Waals surface area contributed by atoms with E-state index in [-0.39, 0.29) is 23.7 Å². The number of carbonyl (C=O) groups is 1. The van der Waals surface area contributed by atoms with Crippen LogP contribution in [0.5, 0.6) is 5.75 Å². The van der Waals surface area contributed by atoms with Crippen LogP contribution in [0.4, 0.5) is 0 Å². The number of amides is 1. The molecule has 29 heavy (non-hydrogen) atoms. The summed E-state index contributed by atoms with van der Waals surface area (Å²) in [7, 11) is 3.60. The molecule has 0 saturated carbocycles. The highest BCUT2D eigenvalue weighted by molar-refractivity contribution is 5.94. The predicted octanol–water partition coefficient (Wildman–Crippen LogP) is 3.53. The van der Waals surface area contributed by atoms with Gasteiger partial charge in [0.25, 0.3) is 5.91 Å². The van der Waals surface area contributed by atoms with E-state index in [0.717, 1.165) is 50.2 Å². The summed E-state index contributed by atoms with van der Waals surface area (Å²) in [6, 6.07) is 7.82. The molecule has 4 rings (SSSR count). The van der Waals surface area contributed by atoms with Crippen LogP contribution >= 0.6 is 12.4 Å². The Bertz CT molecular complexity index is 908. The van der Waals surface area contributed by atoms with Gasteiger partial charge in [-0.2, -0.15) is 0 Å². The van der Waals surface area contributed by atoms with Crippen LogP contribution in [0, 0.1) is 12.8 Å². The third kappa shape index (κ3) is 3.55. The molecule has 1 aromatic heterocycles. The maximum atomic E-state index is 12.6. The van der Waals surface area contributed by atoms with E-state index in [2.05, 4.69) is 29.8 Å². The first kappa shape index (κ1) is 21.7. The second-order valence-electron chi connectivity index (χ2n) is 8.71. The number of phenols is 1. The van der Waals surface area contributed by atoms with Gasteiger partial charge in [0.15, 0.2) is 0 Å². The van der Waals surface area contributed by atoms with E-state index >= 15 is 0 Å². The second-order valence-corrected chi connectivity index (χ2v) is 8.71. The second kappa shape index (κ2) is 8.04. The number of aromatic amines is 1. The molecule has 1 amide bonds. The zero-order chi connectivity index (χ0) is 20.1. The van der Waals surface area contributed by atoms with Crippen molar-refractivity contribution in [3.05, 3.63) is 52.3 Å². The summed E-state index contributed by atoms with van der Waals surface area (Å²) in [4.78, 5) is 20.3. The number of aromatic hydroxyl groups is 1. The zero-order valence-corrected chi connectivity index (χ0v) is 18.6. The van der Waals surface area contributed by atoms with Gasteiger partial charge in [-0.05, 0) is 74.0 Å². The summed E-state index contributed by atoms with van der Waals surface area (Å²) in [5, 5.41) is 10.1. The van der Waals surface area contributed by atoms with Crippen LogP contribution in [0.25, 0.3) is 0 Å². The van der Waals surface area contributed by atoms with Gasteiger partial charge in [0.1, 0.15) is 11.4 Å². The summed E-state index contributed by atoms with van der Waals surface area (Å²) >= 11 is 0. The van der Waals surface area contributed by atoms with Crippen molar-refractivity contribution in [2.75, 3.05) is 33.7 Å². The fraction of sp³-hybridized carbons (Fsp3) is 0.522. The van der Waals surface area contributed by atoms with E-state index in [1.807, 2.05) is 12.1 Å². The van der Waals surface area contributed by atoms with Gasteiger partial charge in [0.2, 0.25) is 0 Å². The number of nitrogens with zero attached hydrogens (tertiary/aromatic N) is 2. The SMILES string of the molecule is CCN1CCC2(c3cccc(O)c3)Cc3[nH]c(C(=O)N(C)C)c(C)c3CC2C1.Cl. The van der Waals surface area contributed by atoms with Gasteiger partial charge in [-0.3, -0.25) is 4.79 Å². The Labute approximate surface area is 179 Å². The lowest BCUT2D eigenvalue weighted by atomic mass is 9.58. The molecule has 0 radical (unpaired) electrons. The van der Waals surface area contributed by atoms with E-state index in [1.165, 1.54) is 16.8 Å². The van der Waals surface area contributed by atoms with E-state index in [4.69, 9.17) is 0 Å². The van der Waals surface area contributed by atoms with E-state index < -0.39 is 0 Å². The van der Waals surface area contributed by atoms with E-state index in [9.17, 15) is 9.90 Å². The third-order valence-electron chi connectivity index (χ3n) is 7.03. The topological polar surface area (TPSA) is 59.6 Å². The Balaban J connectivity index is 0.00000240. The molecule has 1 aliphatic carbocycles. The molecule has 2 aromatic rings. The van der Waals surface area contributed by atoms with Gasteiger partial charge >= 0.3 is 0 Å². The third-order valence-corrected chi connectivity index (χ3v) is 7.03. The Morgan fingerprint density at radius 2 is 2.14 bits per heavy atom. The lowest BCUT2D eigenvalue weighted by molar-refractivity contribution is 0.0820.